The summed E-state index contributed by atoms with van der Waals surface area (Å²) in [5.74, 6) is -0.980. The average Bonchev–Trinajstić information content (AvgIpc) is 2.28. The Kier molecular flexibility index (Phi) is 6.07. The van der Waals surface area contributed by atoms with Gasteiger partial charge in [0.15, 0.2) is 0 Å². The number of hydrogen-bond donors (Lipinski definition) is 2. The van der Waals surface area contributed by atoms with Gasteiger partial charge in [-0.15, -0.1) is 0 Å². The van der Waals surface area contributed by atoms with Crippen molar-refractivity contribution in [1.29, 1.82) is 0 Å². The highest BCUT2D eigenvalue weighted by atomic mass is 16.5. The molecule has 1 rings (SSSR count). The highest BCUT2D eigenvalue weighted by molar-refractivity contribution is 5.78. The summed E-state index contributed by atoms with van der Waals surface area (Å²) in [6.07, 6.45) is 1.95. The van der Waals surface area contributed by atoms with Gasteiger partial charge in [-0.1, -0.05) is 13.3 Å². The zero-order chi connectivity index (χ0) is 13.5. The minimum Gasteiger partial charge on any atom is -0.481 e. The van der Waals surface area contributed by atoms with Gasteiger partial charge < -0.3 is 20.5 Å². The lowest BCUT2D eigenvalue weighted by Crippen LogP contribution is -2.50. The maximum atomic E-state index is 12.1. The molecule has 0 aromatic rings. The van der Waals surface area contributed by atoms with E-state index in [-0.39, 0.29) is 30.8 Å². The van der Waals surface area contributed by atoms with Crippen molar-refractivity contribution in [3.63, 3.8) is 0 Å². The monoisotopic (exact) mass is 258 g/mol. The van der Waals surface area contributed by atoms with Crippen molar-refractivity contribution in [2.75, 3.05) is 19.8 Å². The third-order valence-corrected chi connectivity index (χ3v) is 3.05. The fourth-order valence-electron chi connectivity index (χ4n) is 2.17. The van der Waals surface area contributed by atoms with Crippen molar-refractivity contribution in [1.82, 2.24) is 4.90 Å². The van der Waals surface area contributed by atoms with Gasteiger partial charge in [-0.2, -0.15) is 0 Å². The Morgan fingerprint density at radius 1 is 1.56 bits per heavy atom. The van der Waals surface area contributed by atoms with Crippen LogP contribution in [0.4, 0.5) is 0 Å². The Morgan fingerprint density at radius 2 is 2.28 bits per heavy atom. The highest BCUT2D eigenvalue weighted by Gasteiger charge is 2.29. The molecule has 0 aromatic carbocycles. The summed E-state index contributed by atoms with van der Waals surface area (Å²) in [5, 5.41) is 8.81. The molecule has 0 aliphatic carbocycles. The SMILES string of the molecule is CCCC(N)CC(=O)N1CCOCC1CC(=O)O. The number of rotatable bonds is 6. The Balaban J connectivity index is 2.54. The first kappa shape index (κ1) is 14.9. The van der Waals surface area contributed by atoms with Crippen molar-refractivity contribution in [2.45, 2.75) is 44.7 Å². The third-order valence-electron chi connectivity index (χ3n) is 3.05. The van der Waals surface area contributed by atoms with E-state index in [1.807, 2.05) is 6.92 Å². The van der Waals surface area contributed by atoms with Gasteiger partial charge in [0.1, 0.15) is 0 Å². The molecular weight excluding hydrogens is 236 g/mol. The number of carboxylic acid groups (broad SMARTS) is 1. The van der Waals surface area contributed by atoms with Gasteiger partial charge in [0.25, 0.3) is 0 Å². The first-order valence-electron chi connectivity index (χ1n) is 6.39. The predicted octanol–water partition coefficient (Wildman–Crippen LogP) is 0.206. The molecule has 0 radical (unpaired) electrons. The number of morpholine rings is 1. The molecule has 6 nitrogen and oxygen atoms in total. The summed E-state index contributed by atoms with van der Waals surface area (Å²) in [5.41, 5.74) is 5.84. The summed E-state index contributed by atoms with van der Waals surface area (Å²) >= 11 is 0. The second-order valence-electron chi connectivity index (χ2n) is 4.67. The summed E-state index contributed by atoms with van der Waals surface area (Å²) in [4.78, 5) is 24.4. The van der Waals surface area contributed by atoms with Crippen molar-refractivity contribution in [3.05, 3.63) is 0 Å². The molecule has 104 valence electrons. The maximum absolute atomic E-state index is 12.1. The third kappa shape index (κ3) is 4.62. The van der Waals surface area contributed by atoms with Gasteiger partial charge >= 0.3 is 5.97 Å². The van der Waals surface area contributed by atoms with Crippen molar-refractivity contribution in [2.24, 2.45) is 5.73 Å². The molecule has 0 aromatic heterocycles. The number of aliphatic carboxylic acids is 1. The smallest absolute Gasteiger partial charge is 0.305 e. The number of carbonyl (C=O) groups excluding carboxylic acids is 1. The molecule has 0 spiro atoms. The fourth-order valence-corrected chi connectivity index (χ4v) is 2.17. The first-order valence-corrected chi connectivity index (χ1v) is 6.39. The quantitative estimate of drug-likeness (QED) is 0.710. The number of ether oxygens (including phenoxy) is 1. The van der Waals surface area contributed by atoms with Crippen molar-refractivity contribution in [3.8, 4) is 0 Å². The van der Waals surface area contributed by atoms with Crippen molar-refractivity contribution < 1.29 is 19.4 Å². The van der Waals surface area contributed by atoms with Crippen LogP contribution in [-0.4, -0.2) is 53.7 Å². The average molecular weight is 258 g/mol. The lowest BCUT2D eigenvalue weighted by atomic mass is 10.1. The summed E-state index contributed by atoms with van der Waals surface area (Å²) in [6, 6.07) is -0.506. The summed E-state index contributed by atoms with van der Waals surface area (Å²) < 4.78 is 5.23. The van der Waals surface area contributed by atoms with E-state index in [4.69, 9.17) is 15.6 Å². The van der Waals surface area contributed by atoms with Gasteiger partial charge in [-0.3, -0.25) is 9.59 Å². The predicted molar refractivity (Wildman–Crippen MR) is 66.1 cm³/mol. The van der Waals surface area contributed by atoms with Gasteiger partial charge in [-0.25, -0.2) is 0 Å². The van der Waals surface area contributed by atoms with E-state index in [1.165, 1.54) is 0 Å². The highest BCUT2D eigenvalue weighted by Crippen LogP contribution is 2.13. The molecule has 1 fully saturated rings. The molecule has 18 heavy (non-hydrogen) atoms. The van der Waals surface area contributed by atoms with E-state index < -0.39 is 5.97 Å². The number of carbonyl (C=O) groups is 2. The van der Waals surface area contributed by atoms with Crippen LogP contribution in [0.25, 0.3) is 0 Å². The molecule has 1 aliphatic heterocycles. The molecule has 0 bridgehead atoms. The van der Waals surface area contributed by atoms with Gasteiger partial charge in [0.2, 0.25) is 5.91 Å². The molecule has 3 N–H and O–H groups in total. The maximum Gasteiger partial charge on any atom is 0.305 e. The van der Waals surface area contributed by atoms with E-state index in [0.29, 0.717) is 19.8 Å². The number of hydrogen-bond acceptors (Lipinski definition) is 4. The van der Waals surface area contributed by atoms with Crippen LogP contribution in [0.5, 0.6) is 0 Å². The number of carboxylic acids is 1. The number of nitrogens with two attached hydrogens (primary N) is 1. The van der Waals surface area contributed by atoms with E-state index in [9.17, 15) is 9.59 Å². The lowest BCUT2D eigenvalue weighted by molar-refractivity contribution is -0.146. The van der Waals surface area contributed by atoms with E-state index in [1.54, 1.807) is 4.90 Å². The minimum absolute atomic E-state index is 0.0644. The van der Waals surface area contributed by atoms with Gasteiger partial charge in [0, 0.05) is 19.0 Å². The van der Waals surface area contributed by atoms with Crippen LogP contribution >= 0.6 is 0 Å². The minimum atomic E-state index is -0.916. The standard InChI is InChI=1S/C12H22N2O4/c1-2-3-9(13)6-11(15)14-4-5-18-8-10(14)7-12(16)17/h9-10H,2-8,13H2,1H3,(H,16,17). The fraction of sp³-hybridized carbons (Fsp3) is 0.833. The summed E-state index contributed by atoms with van der Waals surface area (Å²) in [7, 11) is 0. The molecular formula is C12H22N2O4. The molecule has 1 aliphatic rings. The van der Waals surface area contributed by atoms with Crippen LogP contribution < -0.4 is 5.73 Å². The largest absolute Gasteiger partial charge is 0.481 e. The molecule has 1 saturated heterocycles. The number of amides is 1. The van der Waals surface area contributed by atoms with Crippen LogP contribution in [0, 0.1) is 0 Å². The molecule has 0 saturated carbocycles. The number of nitrogens with zero attached hydrogens (tertiary/aromatic N) is 1. The van der Waals surface area contributed by atoms with Crippen LogP contribution in [0.3, 0.4) is 0 Å². The van der Waals surface area contributed by atoms with Crippen molar-refractivity contribution >= 4 is 11.9 Å². The molecule has 6 heteroatoms. The first-order chi connectivity index (χ1) is 8.54. The Morgan fingerprint density at radius 3 is 2.89 bits per heavy atom. The second-order valence-corrected chi connectivity index (χ2v) is 4.67. The van der Waals surface area contributed by atoms with Gasteiger partial charge in [-0.05, 0) is 6.42 Å². The molecule has 1 amide bonds. The van der Waals surface area contributed by atoms with Gasteiger partial charge in [0.05, 0.1) is 25.7 Å². The van der Waals surface area contributed by atoms with Crippen LogP contribution in [0.15, 0.2) is 0 Å². The van der Waals surface area contributed by atoms with E-state index in [2.05, 4.69) is 0 Å². The normalized spacial score (nSPS) is 21.7. The van der Waals surface area contributed by atoms with E-state index in [0.717, 1.165) is 12.8 Å². The Labute approximate surface area is 107 Å². The molecule has 2 atom stereocenters. The molecule has 2 unspecified atom stereocenters. The topological polar surface area (TPSA) is 92.9 Å². The second kappa shape index (κ2) is 7.33. The van der Waals surface area contributed by atoms with E-state index >= 15 is 0 Å². The Hall–Kier alpha value is -1.14. The summed E-state index contributed by atoms with van der Waals surface area (Å²) in [6.45, 7) is 3.23. The lowest BCUT2D eigenvalue weighted by Gasteiger charge is -2.35. The Bertz CT molecular complexity index is 296. The molecule has 1 heterocycles. The van der Waals surface area contributed by atoms with Crippen LogP contribution in [0.1, 0.15) is 32.6 Å². The zero-order valence-corrected chi connectivity index (χ0v) is 10.8. The zero-order valence-electron chi connectivity index (χ0n) is 10.8. The van der Waals surface area contributed by atoms with Crippen LogP contribution in [-0.2, 0) is 14.3 Å². The van der Waals surface area contributed by atoms with Crippen LogP contribution in [0.2, 0.25) is 0 Å².